The Morgan fingerprint density at radius 2 is 1.41 bits per heavy atom. The van der Waals surface area contributed by atoms with Crippen molar-refractivity contribution in [3.63, 3.8) is 0 Å². The Morgan fingerprint density at radius 3 is 1.88 bits per heavy atom. The van der Waals surface area contributed by atoms with Gasteiger partial charge in [-0.3, -0.25) is 4.55 Å². The number of hydrogen-bond acceptors (Lipinski definition) is 3. The van der Waals surface area contributed by atoms with Crippen molar-refractivity contribution < 1.29 is 17.2 Å². The molecule has 0 saturated carbocycles. The van der Waals surface area contributed by atoms with Gasteiger partial charge >= 0.3 is 10.4 Å². The number of rotatable bonds is 12. The standard InChI is InChI=1S/C12H26O4S/c1-2-3-4-5-6-7-8-9-10-11-12-16-17(13,14)15/h2-12H2,1H3,(H,13,14,15)/i12+2. The van der Waals surface area contributed by atoms with Gasteiger partial charge in [-0.1, -0.05) is 64.7 Å². The monoisotopic (exact) mass is 268 g/mol. The van der Waals surface area contributed by atoms with Gasteiger partial charge in [0.15, 0.2) is 0 Å². The molecule has 0 aliphatic heterocycles. The highest BCUT2D eigenvalue weighted by molar-refractivity contribution is 7.80. The van der Waals surface area contributed by atoms with Crippen LogP contribution in [0.3, 0.4) is 0 Å². The van der Waals surface area contributed by atoms with Crippen LogP contribution < -0.4 is 0 Å². The highest BCUT2D eigenvalue weighted by Crippen LogP contribution is 2.10. The predicted octanol–water partition coefficient (Wildman–Crippen LogP) is 3.73. The molecule has 4 nitrogen and oxygen atoms in total. The van der Waals surface area contributed by atoms with Gasteiger partial charge in [-0.25, -0.2) is 4.18 Å². The maximum absolute atomic E-state index is 10.2. The van der Waals surface area contributed by atoms with Crippen LogP contribution in [-0.2, 0) is 14.6 Å². The average Bonchev–Trinajstić information content (AvgIpc) is 2.24. The first-order valence-corrected chi connectivity index (χ1v) is 8.04. The molecular weight excluding hydrogens is 242 g/mol. The lowest BCUT2D eigenvalue weighted by molar-refractivity contribution is 0.261. The SMILES string of the molecule is CCCCCCCCCCC[14CH2]OS(=O)(=O)O. The summed E-state index contributed by atoms with van der Waals surface area (Å²) in [4.78, 5) is 0. The quantitative estimate of drug-likeness (QED) is 0.433. The van der Waals surface area contributed by atoms with E-state index in [0.29, 0.717) is 6.42 Å². The van der Waals surface area contributed by atoms with Crippen LogP contribution in [0.15, 0.2) is 0 Å². The Morgan fingerprint density at radius 1 is 0.941 bits per heavy atom. The van der Waals surface area contributed by atoms with E-state index in [1.165, 1.54) is 44.9 Å². The fraction of sp³-hybridized carbons (Fsp3) is 1.00. The van der Waals surface area contributed by atoms with Crippen LogP contribution in [0, 0.1) is 0 Å². The lowest BCUT2D eigenvalue weighted by Crippen LogP contribution is -2.04. The lowest BCUT2D eigenvalue weighted by atomic mass is 10.1. The third-order valence-corrected chi connectivity index (χ3v) is 3.19. The summed E-state index contributed by atoms with van der Waals surface area (Å²) in [7, 11) is -4.23. The molecule has 0 aromatic carbocycles. The van der Waals surface area contributed by atoms with Gasteiger partial charge in [0.1, 0.15) is 0 Å². The molecule has 0 saturated heterocycles. The minimum atomic E-state index is -4.23. The van der Waals surface area contributed by atoms with E-state index in [9.17, 15) is 8.42 Å². The highest BCUT2D eigenvalue weighted by Gasteiger charge is 2.02. The summed E-state index contributed by atoms with van der Waals surface area (Å²) >= 11 is 0. The van der Waals surface area contributed by atoms with E-state index < -0.39 is 10.4 Å². The summed E-state index contributed by atoms with van der Waals surface area (Å²) in [6.45, 7) is 2.31. The number of unbranched alkanes of at least 4 members (excludes halogenated alkanes) is 9. The molecule has 0 aromatic rings. The molecule has 0 aliphatic carbocycles. The van der Waals surface area contributed by atoms with Gasteiger partial charge in [-0.2, -0.15) is 8.42 Å². The molecule has 0 atom stereocenters. The topological polar surface area (TPSA) is 63.6 Å². The Labute approximate surface area is 106 Å². The third kappa shape index (κ3) is 15.9. The van der Waals surface area contributed by atoms with Crippen molar-refractivity contribution in [3.8, 4) is 0 Å². The zero-order chi connectivity index (χ0) is 13.0. The minimum Gasteiger partial charge on any atom is -0.264 e. The van der Waals surface area contributed by atoms with Crippen LogP contribution in [0.1, 0.15) is 71.1 Å². The summed E-state index contributed by atoms with van der Waals surface area (Å²) in [5.74, 6) is 0. The lowest BCUT2D eigenvalue weighted by Gasteiger charge is -2.02. The van der Waals surface area contributed by atoms with Gasteiger partial charge in [0.2, 0.25) is 0 Å². The van der Waals surface area contributed by atoms with Gasteiger partial charge < -0.3 is 0 Å². The molecule has 5 heteroatoms. The van der Waals surface area contributed by atoms with Crippen molar-refractivity contribution in [1.82, 2.24) is 0 Å². The van der Waals surface area contributed by atoms with E-state index >= 15 is 0 Å². The zero-order valence-electron chi connectivity index (χ0n) is 10.9. The van der Waals surface area contributed by atoms with Crippen LogP contribution in [0.25, 0.3) is 0 Å². The summed E-state index contributed by atoms with van der Waals surface area (Å²) in [6, 6.07) is 0. The smallest absolute Gasteiger partial charge is 0.264 e. The van der Waals surface area contributed by atoms with E-state index in [1.807, 2.05) is 0 Å². The van der Waals surface area contributed by atoms with Crippen LogP contribution in [0.4, 0.5) is 0 Å². The minimum absolute atomic E-state index is 0.0926. The van der Waals surface area contributed by atoms with Gasteiger partial charge in [-0.05, 0) is 6.42 Å². The molecule has 17 heavy (non-hydrogen) atoms. The molecule has 0 rings (SSSR count). The van der Waals surface area contributed by atoms with E-state index in [4.69, 9.17) is 4.55 Å². The Balaban J connectivity index is 3.04. The van der Waals surface area contributed by atoms with Crippen LogP contribution >= 0.6 is 0 Å². The summed E-state index contributed by atoms with van der Waals surface area (Å²) in [5, 5.41) is 0. The van der Waals surface area contributed by atoms with Gasteiger partial charge in [0.25, 0.3) is 0 Å². The predicted molar refractivity (Wildman–Crippen MR) is 69.3 cm³/mol. The van der Waals surface area contributed by atoms with E-state index in [2.05, 4.69) is 11.1 Å². The molecular formula is C12H26O4S. The molecule has 0 amide bonds. The second kappa shape index (κ2) is 11.0. The van der Waals surface area contributed by atoms with Crippen LogP contribution in [0.2, 0.25) is 0 Å². The Bertz CT molecular complexity index is 249. The van der Waals surface area contributed by atoms with Crippen molar-refractivity contribution in [2.75, 3.05) is 6.61 Å². The molecule has 0 heterocycles. The highest BCUT2D eigenvalue weighted by atomic mass is 32.3. The first-order chi connectivity index (χ1) is 8.06. The van der Waals surface area contributed by atoms with Crippen LogP contribution in [-0.4, -0.2) is 19.6 Å². The maximum atomic E-state index is 10.2. The van der Waals surface area contributed by atoms with Crippen molar-refractivity contribution in [1.29, 1.82) is 0 Å². The first-order valence-electron chi connectivity index (χ1n) is 6.68. The van der Waals surface area contributed by atoms with E-state index in [1.54, 1.807) is 0 Å². The van der Waals surface area contributed by atoms with Crippen LogP contribution in [0.5, 0.6) is 0 Å². The zero-order valence-corrected chi connectivity index (χ0v) is 11.7. The molecule has 0 fully saturated rings. The molecule has 0 aliphatic rings. The number of hydrogen-bond donors (Lipinski definition) is 1. The molecule has 0 spiro atoms. The summed E-state index contributed by atoms with van der Waals surface area (Å²) < 4.78 is 33.0. The van der Waals surface area contributed by atoms with Gasteiger partial charge in [0, 0.05) is 0 Å². The van der Waals surface area contributed by atoms with Gasteiger partial charge in [0.05, 0.1) is 6.61 Å². The largest absolute Gasteiger partial charge is 0.397 e. The Hall–Kier alpha value is -0.130. The molecule has 0 unspecified atom stereocenters. The molecule has 0 bridgehead atoms. The Kier molecular flexibility index (Phi) is 10.9. The molecule has 0 aromatic heterocycles. The molecule has 104 valence electrons. The van der Waals surface area contributed by atoms with E-state index in [0.717, 1.165) is 12.8 Å². The summed E-state index contributed by atoms with van der Waals surface area (Å²) in [6.07, 6.45) is 11.9. The van der Waals surface area contributed by atoms with E-state index in [-0.39, 0.29) is 6.61 Å². The normalized spacial score (nSPS) is 11.9. The van der Waals surface area contributed by atoms with Gasteiger partial charge in [-0.15, -0.1) is 0 Å². The molecule has 1 N–H and O–H groups in total. The summed E-state index contributed by atoms with van der Waals surface area (Å²) in [5.41, 5.74) is 0. The average molecular weight is 268 g/mol. The first kappa shape index (κ1) is 16.9. The van der Waals surface area contributed by atoms with Crippen molar-refractivity contribution in [3.05, 3.63) is 0 Å². The maximum Gasteiger partial charge on any atom is 0.397 e. The second-order valence-electron chi connectivity index (χ2n) is 4.43. The van der Waals surface area contributed by atoms with Crippen molar-refractivity contribution in [2.24, 2.45) is 0 Å². The fourth-order valence-corrected chi connectivity index (χ4v) is 2.08. The van der Waals surface area contributed by atoms with Crippen molar-refractivity contribution in [2.45, 2.75) is 71.1 Å². The van der Waals surface area contributed by atoms with Crippen molar-refractivity contribution >= 4 is 10.4 Å². The molecule has 0 radical (unpaired) electrons. The fourth-order valence-electron chi connectivity index (χ4n) is 1.75. The third-order valence-electron chi connectivity index (χ3n) is 2.73. The second-order valence-corrected chi connectivity index (χ2v) is 5.52.